The molecule has 3 aromatic carbocycles. The van der Waals surface area contributed by atoms with Crippen LogP contribution in [-0.2, 0) is 16.2 Å². The first-order valence-corrected chi connectivity index (χ1v) is 11.0. The molecule has 0 fully saturated rings. The van der Waals surface area contributed by atoms with Crippen LogP contribution in [0.3, 0.4) is 0 Å². The highest BCUT2D eigenvalue weighted by molar-refractivity contribution is 9.10. The second kappa shape index (κ2) is 11.5. The highest BCUT2D eigenvalue weighted by Gasteiger charge is 2.14. The van der Waals surface area contributed by atoms with Crippen LogP contribution < -0.4 is 20.2 Å². The smallest absolute Gasteiger partial charge is 0.329 e. The summed E-state index contributed by atoms with van der Waals surface area (Å²) in [6.07, 6.45) is 1.39. The summed E-state index contributed by atoms with van der Waals surface area (Å²) in [5, 5.41) is 6.83. The Kier molecular flexibility index (Phi) is 8.46. The summed E-state index contributed by atoms with van der Waals surface area (Å²) in [4.78, 5) is 24.0. The van der Waals surface area contributed by atoms with Crippen molar-refractivity contribution in [3.8, 4) is 11.5 Å². The Labute approximate surface area is 204 Å². The highest BCUT2D eigenvalue weighted by Crippen LogP contribution is 2.37. The Balaban J connectivity index is 1.62. The molecule has 0 aliphatic heterocycles. The molecule has 0 spiro atoms. The number of rotatable bonds is 7. The average Bonchev–Trinajstić information content (AvgIpc) is 2.80. The van der Waals surface area contributed by atoms with Crippen molar-refractivity contribution in [3.63, 3.8) is 0 Å². The van der Waals surface area contributed by atoms with Gasteiger partial charge in [-0.25, -0.2) is 5.43 Å². The maximum atomic E-state index is 12.0. The molecular weight excluding hydrogens is 510 g/mol. The lowest BCUT2D eigenvalue weighted by Gasteiger charge is -2.14. The number of carbonyl (C=O) groups is 2. The largest absolute Gasteiger partial charge is 0.493 e. The summed E-state index contributed by atoms with van der Waals surface area (Å²) in [6, 6.07) is 17.8. The zero-order valence-corrected chi connectivity index (χ0v) is 20.2. The van der Waals surface area contributed by atoms with Crippen molar-refractivity contribution in [2.75, 3.05) is 12.4 Å². The fraction of sp³-hybridized carbons (Fsp3) is 0.125. The third-order valence-electron chi connectivity index (χ3n) is 4.57. The monoisotopic (exact) mass is 529 g/mol. The van der Waals surface area contributed by atoms with E-state index in [1.807, 2.05) is 31.2 Å². The van der Waals surface area contributed by atoms with Crippen molar-refractivity contribution in [2.24, 2.45) is 5.10 Å². The molecule has 0 aromatic heterocycles. The van der Waals surface area contributed by atoms with Crippen LogP contribution in [0.5, 0.6) is 11.5 Å². The van der Waals surface area contributed by atoms with E-state index in [4.69, 9.17) is 21.1 Å². The Bertz CT molecular complexity index is 1180. The maximum absolute atomic E-state index is 12.0. The molecule has 0 heterocycles. The standard InChI is InChI=1S/C24H21BrClN3O4/c1-15-5-3-4-6-17(15)14-33-22-20(25)11-16(12-21(22)32-2)13-27-29-24(31)23(30)28-19-9-7-18(26)8-10-19/h3-13H,14H2,1-2H3,(H,28,30)(H,29,31). The fourth-order valence-corrected chi connectivity index (χ4v) is 3.51. The molecular formula is C24H21BrClN3O4. The number of nitrogens with one attached hydrogen (secondary N) is 2. The summed E-state index contributed by atoms with van der Waals surface area (Å²) >= 11 is 9.29. The maximum Gasteiger partial charge on any atom is 0.329 e. The normalized spacial score (nSPS) is 10.7. The summed E-state index contributed by atoms with van der Waals surface area (Å²) in [5.74, 6) is -0.728. The van der Waals surface area contributed by atoms with E-state index >= 15 is 0 Å². The van der Waals surface area contributed by atoms with Crippen molar-refractivity contribution in [2.45, 2.75) is 13.5 Å². The second-order valence-electron chi connectivity index (χ2n) is 6.91. The van der Waals surface area contributed by atoms with Gasteiger partial charge in [0.25, 0.3) is 0 Å². The molecule has 3 aromatic rings. The van der Waals surface area contributed by atoms with E-state index in [1.54, 1.807) is 36.4 Å². The first-order chi connectivity index (χ1) is 15.9. The molecule has 170 valence electrons. The average molecular weight is 531 g/mol. The van der Waals surface area contributed by atoms with E-state index in [0.717, 1.165) is 11.1 Å². The van der Waals surface area contributed by atoms with Gasteiger partial charge >= 0.3 is 11.8 Å². The zero-order valence-electron chi connectivity index (χ0n) is 17.9. The quantitative estimate of drug-likeness (QED) is 0.253. The van der Waals surface area contributed by atoms with Gasteiger partial charge in [0.1, 0.15) is 6.61 Å². The molecule has 0 atom stereocenters. The van der Waals surface area contributed by atoms with Crippen LogP contribution in [0.25, 0.3) is 0 Å². The van der Waals surface area contributed by atoms with Crippen LogP contribution in [0, 0.1) is 6.92 Å². The Morgan fingerprint density at radius 2 is 1.82 bits per heavy atom. The molecule has 33 heavy (non-hydrogen) atoms. The molecule has 0 unspecified atom stereocenters. The van der Waals surface area contributed by atoms with E-state index in [0.29, 0.717) is 38.9 Å². The Morgan fingerprint density at radius 1 is 1.09 bits per heavy atom. The van der Waals surface area contributed by atoms with Crippen LogP contribution in [0.1, 0.15) is 16.7 Å². The van der Waals surface area contributed by atoms with Gasteiger partial charge in [-0.1, -0.05) is 35.9 Å². The van der Waals surface area contributed by atoms with E-state index in [-0.39, 0.29) is 0 Å². The third-order valence-corrected chi connectivity index (χ3v) is 5.41. The van der Waals surface area contributed by atoms with Crippen molar-refractivity contribution < 1.29 is 19.1 Å². The minimum absolute atomic E-state index is 0.383. The third kappa shape index (κ3) is 6.81. The highest BCUT2D eigenvalue weighted by atomic mass is 79.9. The van der Waals surface area contributed by atoms with Crippen molar-refractivity contribution >= 4 is 51.2 Å². The lowest BCUT2D eigenvalue weighted by molar-refractivity contribution is -0.136. The summed E-state index contributed by atoms with van der Waals surface area (Å²) in [5.41, 5.74) is 5.46. The molecule has 2 amide bonds. The topological polar surface area (TPSA) is 89.0 Å². The first kappa shape index (κ1) is 24.3. The molecule has 3 rings (SSSR count). The molecule has 0 saturated heterocycles. The van der Waals surface area contributed by atoms with Gasteiger partial charge in [0.2, 0.25) is 0 Å². The van der Waals surface area contributed by atoms with Crippen LogP contribution in [0.15, 0.2) is 70.2 Å². The number of hydrogen-bond acceptors (Lipinski definition) is 5. The molecule has 0 radical (unpaired) electrons. The van der Waals surface area contributed by atoms with Crippen LogP contribution >= 0.6 is 27.5 Å². The Morgan fingerprint density at radius 3 is 2.52 bits per heavy atom. The van der Waals surface area contributed by atoms with Gasteiger partial charge in [0.05, 0.1) is 17.8 Å². The number of methoxy groups -OCH3 is 1. The number of nitrogens with zero attached hydrogens (tertiary/aromatic N) is 1. The molecule has 0 saturated carbocycles. The van der Waals surface area contributed by atoms with Crippen LogP contribution in [0.2, 0.25) is 5.02 Å². The number of carbonyl (C=O) groups excluding carboxylic acids is 2. The second-order valence-corrected chi connectivity index (χ2v) is 8.20. The van der Waals surface area contributed by atoms with Gasteiger partial charge in [0, 0.05) is 10.7 Å². The minimum atomic E-state index is -0.912. The van der Waals surface area contributed by atoms with Gasteiger partial charge < -0.3 is 14.8 Å². The van der Waals surface area contributed by atoms with Gasteiger partial charge in [-0.2, -0.15) is 5.10 Å². The summed E-state index contributed by atoms with van der Waals surface area (Å²) < 4.78 is 12.1. The van der Waals surface area contributed by atoms with E-state index in [1.165, 1.54) is 13.3 Å². The molecule has 7 nitrogen and oxygen atoms in total. The predicted octanol–water partition coefficient (Wildman–Crippen LogP) is 5.09. The molecule has 0 aliphatic rings. The van der Waals surface area contributed by atoms with Gasteiger partial charge in [-0.15, -0.1) is 0 Å². The fourth-order valence-electron chi connectivity index (χ4n) is 2.81. The molecule has 9 heteroatoms. The van der Waals surface area contributed by atoms with Crippen LogP contribution in [-0.4, -0.2) is 25.1 Å². The van der Waals surface area contributed by atoms with Gasteiger partial charge in [-0.05, 0) is 75.9 Å². The van der Waals surface area contributed by atoms with Crippen molar-refractivity contribution in [1.29, 1.82) is 0 Å². The van der Waals surface area contributed by atoms with Gasteiger partial charge in [-0.3, -0.25) is 9.59 Å². The molecule has 0 aliphatic carbocycles. The number of hydrazone groups is 1. The number of ether oxygens (including phenoxy) is 2. The van der Waals surface area contributed by atoms with Gasteiger partial charge in [0.15, 0.2) is 11.5 Å². The van der Waals surface area contributed by atoms with Crippen molar-refractivity contribution in [1.82, 2.24) is 5.43 Å². The van der Waals surface area contributed by atoms with Crippen molar-refractivity contribution in [3.05, 3.63) is 86.8 Å². The lowest BCUT2D eigenvalue weighted by atomic mass is 10.1. The number of hydrogen-bond donors (Lipinski definition) is 2. The number of anilines is 1. The number of halogens is 2. The van der Waals surface area contributed by atoms with E-state index in [2.05, 4.69) is 31.8 Å². The molecule has 2 N–H and O–H groups in total. The number of aryl methyl sites for hydroxylation is 1. The molecule has 0 bridgehead atoms. The Hall–Kier alpha value is -3.36. The summed E-state index contributed by atoms with van der Waals surface area (Å²) in [7, 11) is 1.53. The van der Waals surface area contributed by atoms with Crippen LogP contribution in [0.4, 0.5) is 5.69 Å². The predicted molar refractivity (Wildman–Crippen MR) is 132 cm³/mol. The van der Waals surface area contributed by atoms with E-state index < -0.39 is 11.8 Å². The number of benzene rings is 3. The SMILES string of the molecule is COc1cc(C=NNC(=O)C(=O)Nc2ccc(Cl)cc2)cc(Br)c1OCc1ccccc1C. The van der Waals surface area contributed by atoms with E-state index in [9.17, 15) is 9.59 Å². The zero-order chi connectivity index (χ0) is 23.8. The summed E-state index contributed by atoms with van der Waals surface area (Å²) in [6.45, 7) is 2.41. The first-order valence-electron chi connectivity index (χ1n) is 9.82. The minimum Gasteiger partial charge on any atom is -0.493 e. The lowest BCUT2D eigenvalue weighted by Crippen LogP contribution is -2.32. The number of amides is 2.